The average Bonchev–Trinajstić information content (AvgIpc) is 2.51. The first kappa shape index (κ1) is 17.1. The maximum atomic E-state index is 6.37. The number of benzene rings is 1. The van der Waals surface area contributed by atoms with Crippen molar-refractivity contribution in [3.05, 3.63) is 33.8 Å². The molecule has 0 aliphatic carbocycles. The van der Waals surface area contributed by atoms with E-state index >= 15 is 0 Å². The zero-order valence-electron chi connectivity index (χ0n) is 13.0. The minimum atomic E-state index is 0.123. The van der Waals surface area contributed by atoms with Crippen molar-refractivity contribution in [2.24, 2.45) is 11.1 Å². The van der Waals surface area contributed by atoms with E-state index in [1.165, 1.54) is 25.7 Å². The lowest BCUT2D eigenvalue weighted by atomic mass is 9.74. The van der Waals surface area contributed by atoms with Crippen molar-refractivity contribution < 1.29 is 0 Å². The zero-order chi connectivity index (χ0) is 15.5. The largest absolute Gasteiger partial charge is 0.329 e. The molecule has 0 saturated carbocycles. The van der Waals surface area contributed by atoms with E-state index in [2.05, 4.69) is 18.7 Å². The van der Waals surface area contributed by atoms with Crippen LogP contribution in [0.5, 0.6) is 0 Å². The lowest BCUT2D eigenvalue weighted by molar-refractivity contribution is 0.0680. The molecule has 0 bridgehead atoms. The van der Waals surface area contributed by atoms with Crippen molar-refractivity contribution in [2.45, 2.75) is 45.6 Å². The molecule has 0 amide bonds. The number of rotatable bonds is 5. The van der Waals surface area contributed by atoms with Crippen molar-refractivity contribution in [1.82, 2.24) is 4.90 Å². The molecule has 0 aromatic heterocycles. The molecule has 0 spiro atoms. The van der Waals surface area contributed by atoms with Gasteiger partial charge in [-0.05, 0) is 43.5 Å². The SMILES string of the molecule is CCC1(CC)CCN(C(CN)c2c(Cl)cccc2Cl)CC1. The van der Waals surface area contributed by atoms with Crippen LogP contribution in [0.3, 0.4) is 0 Å². The Bertz CT molecular complexity index is 442. The number of halogens is 2. The van der Waals surface area contributed by atoms with Crippen LogP contribution in [-0.4, -0.2) is 24.5 Å². The third-order valence-electron chi connectivity index (χ3n) is 5.36. The van der Waals surface area contributed by atoms with Crippen LogP contribution in [-0.2, 0) is 0 Å². The summed E-state index contributed by atoms with van der Waals surface area (Å²) in [6.07, 6.45) is 4.99. The average molecular weight is 329 g/mol. The molecule has 1 aliphatic heterocycles. The van der Waals surface area contributed by atoms with Crippen molar-refractivity contribution in [2.75, 3.05) is 19.6 Å². The van der Waals surface area contributed by atoms with Gasteiger partial charge in [-0.2, -0.15) is 0 Å². The number of nitrogens with two attached hydrogens (primary N) is 1. The Morgan fingerprint density at radius 2 is 1.67 bits per heavy atom. The fraction of sp³-hybridized carbons (Fsp3) is 0.647. The summed E-state index contributed by atoms with van der Waals surface area (Å²) in [6.45, 7) is 7.32. The molecule has 1 aromatic carbocycles. The number of likely N-dealkylation sites (tertiary alicyclic amines) is 1. The Kier molecular flexibility index (Phi) is 5.96. The van der Waals surface area contributed by atoms with Crippen LogP contribution in [0, 0.1) is 5.41 Å². The molecule has 1 fully saturated rings. The maximum Gasteiger partial charge on any atom is 0.0500 e. The molecule has 1 aromatic rings. The van der Waals surface area contributed by atoms with Crippen LogP contribution in [0.2, 0.25) is 10.0 Å². The van der Waals surface area contributed by atoms with E-state index in [1.807, 2.05) is 18.2 Å². The maximum absolute atomic E-state index is 6.37. The van der Waals surface area contributed by atoms with Gasteiger partial charge in [-0.3, -0.25) is 4.90 Å². The van der Waals surface area contributed by atoms with E-state index in [4.69, 9.17) is 28.9 Å². The molecule has 0 radical (unpaired) electrons. The Balaban J connectivity index is 2.17. The zero-order valence-corrected chi connectivity index (χ0v) is 14.6. The molecule has 2 nitrogen and oxygen atoms in total. The third kappa shape index (κ3) is 3.56. The standard InChI is InChI=1S/C17H26Cl2N2/c1-3-17(4-2)8-10-21(11-9-17)15(12-20)16-13(18)6-5-7-14(16)19/h5-7,15H,3-4,8-12,20H2,1-2H3. The molecule has 1 saturated heterocycles. The van der Waals surface area contributed by atoms with Gasteiger partial charge in [0.25, 0.3) is 0 Å². The smallest absolute Gasteiger partial charge is 0.0500 e. The molecular weight excluding hydrogens is 303 g/mol. The molecule has 1 atom stereocenters. The minimum Gasteiger partial charge on any atom is -0.329 e. The number of nitrogens with zero attached hydrogens (tertiary/aromatic N) is 1. The molecule has 2 N–H and O–H groups in total. The van der Waals surface area contributed by atoms with Crippen LogP contribution < -0.4 is 5.73 Å². The Hall–Kier alpha value is -0.280. The summed E-state index contributed by atoms with van der Waals surface area (Å²) in [5.74, 6) is 0. The van der Waals surface area contributed by atoms with Gasteiger partial charge in [0, 0.05) is 28.2 Å². The van der Waals surface area contributed by atoms with Crippen molar-refractivity contribution >= 4 is 23.2 Å². The lowest BCUT2D eigenvalue weighted by Gasteiger charge is -2.44. The summed E-state index contributed by atoms with van der Waals surface area (Å²) in [7, 11) is 0. The molecule has 4 heteroatoms. The highest BCUT2D eigenvalue weighted by molar-refractivity contribution is 6.36. The molecule has 21 heavy (non-hydrogen) atoms. The van der Waals surface area contributed by atoms with Gasteiger partial charge < -0.3 is 5.73 Å². The van der Waals surface area contributed by atoms with Gasteiger partial charge in [0.15, 0.2) is 0 Å². The van der Waals surface area contributed by atoms with Gasteiger partial charge in [-0.15, -0.1) is 0 Å². The van der Waals surface area contributed by atoms with Crippen LogP contribution in [0.25, 0.3) is 0 Å². The van der Waals surface area contributed by atoms with Crippen molar-refractivity contribution in [3.8, 4) is 0 Å². The molecule has 1 aliphatic rings. The van der Waals surface area contributed by atoms with Crippen molar-refractivity contribution in [1.29, 1.82) is 0 Å². The molecule has 1 unspecified atom stereocenters. The first-order chi connectivity index (χ1) is 10.1. The highest BCUT2D eigenvalue weighted by Crippen LogP contribution is 2.41. The number of hydrogen-bond donors (Lipinski definition) is 1. The molecular formula is C17H26Cl2N2. The highest BCUT2D eigenvalue weighted by Gasteiger charge is 2.34. The minimum absolute atomic E-state index is 0.123. The second-order valence-electron chi connectivity index (χ2n) is 6.13. The van der Waals surface area contributed by atoms with E-state index in [9.17, 15) is 0 Å². The monoisotopic (exact) mass is 328 g/mol. The summed E-state index contributed by atoms with van der Waals surface area (Å²) in [4.78, 5) is 2.46. The fourth-order valence-electron chi connectivity index (χ4n) is 3.55. The second-order valence-corrected chi connectivity index (χ2v) is 6.94. The summed E-state index contributed by atoms with van der Waals surface area (Å²) < 4.78 is 0. The van der Waals surface area contributed by atoms with Crippen LogP contribution in [0.15, 0.2) is 18.2 Å². The summed E-state index contributed by atoms with van der Waals surface area (Å²) >= 11 is 12.7. The first-order valence-electron chi connectivity index (χ1n) is 7.95. The highest BCUT2D eigenvalue weighted by atomic mass is 35.5. The van der Waals surface area contributed by atoms with Gasteiger partial charge in [-0.1, -0.05) is 56.0 Å². The van der Waals surface area contributed by atoms with Gasteiger partial charge in [0.05, 0.1) is 0 Å². The van der Waals surface area contributed by atoms with Crippen LogP contribution >= 0.6 is 23.2 Å². The second kappa shape index (κ2) is 7.32. The first-order valence-corrected chi connectivity index (χ1v) is 8.70. The Morgan fingerprint density at radius 3 is 2.10 bits per heavy atom. The van der Waals surface area contributed by atoms with Gasteiger partial charge >= 0.3 is 0 Å². The Morgan fingerprint density at radius 1 is 1.14 bits per heavy atom. The number of hydrogen-bond acceptors (Lipinski definition) is 2. The Labute approximate surface area is 138 Å². The predicted molar refractivity (Wildman–Crippen MR) is 92.1 cm³/mol. The molecule has 1 heterocycles. The van der Waals surface area contributed by atoms with E-state index in [0.29, 0.717) is 12.0 Å². The van der Waals surface area contributed by atoms with Crippen LogP contribution in [0.1, 0.15) is 51.1 Å². The van der Waals surface area contributed by atoms with Crippen molar-refractivity contribution in [3.63, 3.8) is 0 Å². The van der Waals surface area contributed by atoms with Gasteiger partial charge in [0.1, 0.15) is 0 Å². The molecule has 2 rings (SSSR count). The van der Waals surface area contributed by atoms with Crippen LogP contribution in [0.4, 0.5) is 0 Å². The molecule has 118 valence electrons. The van der Waals surface area contributed by atoms with Gasteiger partial charge in [-0.25, -0.2) is 0 Å². The normalized spacial score (nSPS) is 20.4. The third-order valence-corrected chi connectivity index (χ3v) is 6.01. The fourth-order valence-corrected chi connectivity index (χ4v) is 4.20. The van der Waals surface area contributed by atoms with Gasteiger partial charge in [0.2, 0.25) is 0 Å². The van der Waals surface area contributed by atoms with E-state index in [-0.39, 0.29) is 6.04 Å². The van der Waals surface area contributed by atoms with E-state index < -0.39 is 0 Å². The topological polar surface area (TPSA) is 29.3 Å². The lowest BCUT2D eigenvalue weighted by Crippen LogP contribution is -2.43. The summed E-state index contributed by atoms with van der Waals surface area (Å²) in [5, 5.41) is 1.45. The quantitative estimate of drug-likeness (QED) is 0.833. The van der Waals surface area contributed by atoms with E-state index in [0.717, 1.165) is 28.7 Å². The number of piperidine rings is 1. The predicted octanol–water partition coefficient (Wildman–Crippen LogP) is 4.90. The van der Waals surface area contributed by atoms with E-state index in [1.54, 1.807) is 0 Å². The summed E-state index contributed by atoms with van der Waals surface area (Å²) in [6, 6.07) is 5.81. The summed E-state index contributed by atoms with van der Waals surface area (Å²) in [5.41, 5.74) is 7.55.